The molecule has 78 valence electrons. The minimum absolute atomic E-state index is 0.265. The Labute approximate surface area is 86.7 Å². The molecule has 3 heteroatoms. The van der Waals surface area contributed by atoms with Gasteiger partial charge in [0.1, 0.15) is 0 Å². The van der Waals surface area contributed by atoms with E-state index in [1.807, 2.05) is 0 Å². The van der Waals surface area contributed by atoms with Gasteiger partial charge in [0.25, 0.3) is 0 Å². The number of aliphatic hydroxyl groups excluding tert-OH is 1. The zero-order valence-corrected chi connectivity index (χ0v) is 9.56. The minimum Gasteiger partial charge on any atom is -0.395 e. The molecule has 1 heterocycles. The lowest BCUT2D eigenvalue weighted by atomic mass is 9.95. The van der Waals surface area contributed by atoms with Gasteiger partial charge in [-0.3, -0.25) is 4.90 Å². The Morgan fingerprint density at radius 1 is 1.54 bits per heavy atom. The number of rotatable bonds is 4. The van der Waals surface area contributed by atoms with Gasteiger partial charge in [-0.15, -0.1) is 0 Å². The number of aliphatic hydroxyl groups is 1. The maximum Gasteiger partial charge on any atom is 0.0586 e. The Morgan fingerprint density at radius 3 is 2.77 bits per heavy atom. The first-order valence-corrected chi connectivity index (χ1v) is 5.68. The van der Waals surface area contributed by atoms with Gasteiger partial charge in [0, 0.05) is 12.6 Å². The third-order valence-corrected chi connectivity index (χ3v) is 3.63. The summed E-state index contributed by atoms with van der Waals surface area (Å²) in [7, 11) is 0. The van der Waals surface area contributed by atoms with Crippen molar-refractivity contribution in [2.45, 2.75) is 32.7 Å². The number of hydrogen-bond acceptors (Lipinski definition) is 3. The van der Waals surface area contributed by atoms with Crippen molar-refractivity contribution >= 4 is 12.6 Å². The van der Waals surface area contributed by atoms with Crippen molar-refractivity contribution in [2.75, 3.05) is 25.4 Å². The fraction of sp³-hybridized carbons (Fsp3) is 1.00. The molecule has 1 N–H and O–H groups in total. The first-order chi connectivity index (χ1) is 6.09. The van der Waals surface area contributed by atoms with E-state index >= 15 is 0 Å². The van der Waals surface area contributed by atoms with Crippen molar-refractivity contribution in [3.8, 4) is 0 Å². The summed E-state index contributed by atoms with van der Waals surface area (Å²) in [4.78, 5) is 2.40. The minimum atomic E-state index is 0.265. The Balaban J connectivity index is 2.43. The highest BCUT2D eigenvalue weighted by molar-refractivity contribution is 7.80. The highest BCUT2D eigenvalue weighted by Crippen LogP contribution is 2.24. The summed E-state index contributed by atoms with van der Waals surface area (Å²) in [5, 5.41) is 9.15. The molecule has 1 atom stereocenters. The van der Waals surface area contributed by atoms with Gasteiger partial charge in [-0.25, -0.2) is 0 Å². The monoisotopic (exact) mass is 203 g/mol. The standard InChI is InChI=1S/C10H21NOS/c1-10(2,8-13)7-11-5-3-4-9(11)6-12/h9,12-13H,3-8H2,1-2H3. The van der Waals surface area contributed by atoms with Crippen LogP contribution in [-0.2, 0) is 0 Å². The molecule has 0 aromatic rings. The SMILES string of the molecule is CC(C)(CS)CN1CCCC1CO. The van der Waals surface area contributed by atoms with Gasteiger partial charge in [-0.05, 0) is 30.6 Å². The van der Waals surface area contributed by atoms with Crippen LogP contribution in [-0.4, -0.2) is 41.5 Å². The molecule has 1 aliphatic heterocycles. The van der Waals surface area contributed by atoms with E-state index in [-0.39, 0.29) is 5.41 Å². The molecule has 0 spiro atoms. The summed E-state index contributed by atoms with van der Waals surface area (Å²) in [5.41, 5.74) is 0.265. The molecule has 0 saturated carbocycles. The normalized spacial score (nSPS) is 25.4. The fourth-order valence-corrected chi connectivity index (χ4v) is 2.01. The van der Waals surface area contributed by atoms with E-state index in [4.69, 9.17) is 5.11 Å². The zero-order chi connectivity index (χ0) is 9.90. The van der Waals surface area contributed by atoms with Gasteiger partial charge in [0.05, 0.1) is 6.61 Å². The molecule has 1 saturated heterocycles. The third kappa shape index (κ3) is 3.15. The van der Waals surface area contributed by atoms with Gasteiger partial charge >= 0.3 is 0 Å². The lowest BCUT2D eigenvalue weighted by molar-refractivity contribution is 0.125. The van der Waals surface area contributed by atoms with Crippen LogP contribution >= 0.6 is 12.6 Å². The van der Waals surface area contributed by atoms with Crippen molar-refractivity contribution in [3.05, 3.63) is 0 Å². The van der Waals surface area contributed by atoms with Crippen LogP contribution in [0.1, 0.15) is 26.7 Å². The highest BCUT2D eigenvalue weighted by Gasteiger charge is 2.28. The van der Waals surface area contributed by atoms with Gasteiger partial charge in [-0.1, -0.05) is 13.8 Å². The quantitative estimate of drug-likeness (QED) is 0.675. The first kappa shape index (κ1) is 11.3. The summed E-state index contributed by atoms with van der Waals surface area (Å²) in [6, 6.07) is 0.402. The molecule has 1 unspecified atom stereocenters. The van der Waals surface area contributed by atoms with E-state index in [2.05, 4.69) is 31.4 Å². The Kier molecular flexibility index (Phi) is 4.07. The summed E-state index contributed by atoms with van der Waals surface area (Å²) < 4.78 is 0. The molecule has 0 amide bonds. The Bertz CT molecular complexity index is 161. The van der Waals surface area contributed by atoms with Crippen LogP contribution in [0.3, 0.4) is 0 Å². The molecule has 2 nitrogen and oxygen atoms in total. The molecule has 0 aromatic heterocycles. The van der Waals surface area contributed by atoms with E-state index in [1.165, 1.54) is 6.42 Å². The van der Waals surface area contributed by atoms with E-state index in [0.29, 0.717) is 12.6 Å². The summed E-state index contributed by atoms with van der Waals surface area (Å²) >= 11 is 4.34. The molecule has 0 aromatic carbocycles. The van der Waals surface area contributed by atoms with E-state index in [0.717, 1.165) is 25.3 Å². The van der Waals surface area contributed by atoms with Crippen molar-refractivity contribution in [3.63, 3.8) is 0 Å². The van der Waals surface area contributed by atoms with Crippen molar-refractivity contribution < 1.29 is 5.11 Å². The van der Waals surface area contributed by atoms with Gasteiger partial charge < -0.3 is 5.11 Å². The maximum absolute atomic E-state index is 9.15. The molecule has 13 heavy (non-hydrogen) atoms. The third-order valence-electron chi connectivity index (χ3n) is 2.77. The maximum atomic E-state index is 9.15. The van der Waals surface area contributed by atoms with Crippen molar-refractivity contribution in [1.82, 2.24) is 4.90 Å². The lowest BCUT2D eigenvalue weighted by Gasteiger charge is -2.32. The number of nitrogens with zero attached hydrogens (tertiary/aromatic N) is 1. The molecule has 1 aliphatic rings. The average molecular weight is 203 g/mol. The van der Waals surface area contributed by atoms with E-state index in [9.17, 15) is 0 Å². The second kappa shape index (κ2) is 4.67. The topological polar surface area (TPSA) is 23.5 Å². The molecular weight excluding hydrogens is 182 g/mol. The second-order valence-corrected chi connectivity index (χ2v) is 5.09. The Hall–Kier alpha value is 0.270. The molecular formula is C10H21NOS. The predicted octanol–water partition coefficient (Wildman–Crippen LogP) is 1.40. The van der Waals surface area contributed by atoms with Crippen LogP contribution in [0.5, 0.6) is 0 Å². The molecule has 0 bridgehead atoms. The number of thiol groups is 1. The highest BCUT2D eigenvalue weighted by atomic mass is 32.1. The molecule has 0 aliphatic carbocycles. The number of hydrogen-bond donors (Lipinski definition) is 2. The van der Waals surface area contributed by atoms with Crippen molar-refractivity contribution in [2.24, 2.45) is 5.41 Å². The average Bonchev–Trinajstić information content (AvgIpc) is 2.51. The molecule has 1 fully saturated rings. The lowest BCUT2D eigenvalue weighted by Crippen LogP contribution is -2.40. The van der Waals surface area contributed by atoms with Gasteiger partial charge in [0.15, 0.2) is 0 Å². The van der Waals surface area contributed by atoms with Gasteiger partial charge in [-0.2, -0.15) is 12.6 Å². The van der Waals surface area contributed by atoms with Crippen molar-refractivity contribution in [1.29, 1.82) is 0 Å². The smallest absolute Gasteiger partial charge is 0.0586 e. The Morgan fingerprint density at radius 2 is 2.23 bits per heavy atom. The largest absolute Gasteiger partial charge is 0.395 e. The van der Waals surface area contributed by atoms with Gasteiger partial charge in [0.2, 0.25) is 0 Å². The van der Waals surface area contributed by atoms with Crippen LogP contribution < -0.4 is 0 Å². The predicted molar refractivity (Wildman–Crippen MR) is 59.3 cm³/mol. The zero-order valence-electron chi connectivity index (χ0n) is 8.66. The summed E-state index contributed by atoms with van der Waals surface area (Å²) in [5.74, 6) is 0.904. The van der Waals surface area contributed by atoms with Crippen LogP contribution in [0.25, 0.3) is 0 Å². The molecule has 0 radical (unpaired) electrons. The van der Waals surface area contributed by atoms with Crippen LogP contribution in [0, 0.1) is 5.41 Å². The van der Waals surface area contributed by atoms with E-state index in [1.54, 1.807) is 0 Å². The van der Waals surface area contributed by atoms with Crippen LogP contribution in [0.15, 0.2) is 0 Å². The summed E-state index contributed by atoms with van der Waals surface area (Å²) in [6.07, 6.45) is 2.38. The summed E-state index contributed by atoms with van der Waals surface area (Å²) in [6.45, 7) is 6.96. The fourth-order valence-electron chi connectivity index (χ4n) is 1.91. The number of likely N-dealkylation sites (tertiary alicyclic amines) is 1. The van der Waals surface area contributed by atoms with Crippen LogP contribution in [0.2, 0.25) is 0 Å². The van der Waals surface area contributed by atoms with Crippen LogP contribution in [0.4, 0.5) is 0 Å². The second-order valence-electron chi connectivity index (χ2n) is 4.77. The van der Waals surface area contributed by atoms with E-state index < -0.39 is 0 Å². The molecule has 1 rings (SSSR count). The first-order valence-electron chi connectivity index (χ1n) is 5.05.